The van der Waals surface area contributed by atoms with E-state index in [9.17, 15) is 29.4 Å². The average Bonchev–Trinajstić information content (AvgIpc) is 1.66. The second-order valence-electron chi connectivity index (χ2n) is 31.5. The van der Waals surface area contributed by atoms with Gasteiger partial charge in [0.2, 0.25) is 5.91 Å². The van der Waals surface area contributed by atoms with Crippen molar-refractivity contribution in [3.05, 3.63) is 136 Å². The predicted molar refractivity (Wildman–Crippen MR) is 393 cm³/mol. The minimum atomic E-state index is -0.994. The summed E-state index contributed by atoms with van der Waals surface area (Å²) >= 11 is 0. The summed E-state index contributed by atoms with van der Waals surface area (Å²) < 4.78 is 5.00. The van der Waals surface area contributed by atoms with E-state index < -0.39 is 11.6 Å². The van der Waals surface area contributed by atoms with Crippen molar-refractivity contribution in [2.45, 2.75) is 225 Å². The number of esters is 1. The highest BCUT2D eigenvalue weighted by Crippen LogP contribution is 2.58. The molecule has 9 aliphatic heterocycles. The number of carbonyl (C=O) groups excluding carboxylic acids is 3. The molecule has 0 unspecified atom stereocenters. The smallest absolute Gasteiger partial charge is 0.306 e. The van der Waals surface area contributed by atoms with Gasteiger partial charge in [-0.2, -0.15) is 0 Å². The maximum Gasteiger partial charge on any atom is 0.306 e. The Balaban J connectivity index is 0.000000113. The van der Waals surface area contributed by atoms with E-state index in [0.717, 1.165) is 153 Å². The van der Waals surface area contributed by atoms with Crippen molar-refractivity contribution in [3.63, 3.8) is 0 Å². The van der Waals surface area contributed by atoms with E-state index in [0.29, 0.717) is 49.6 Å². The summed E-state index contributed by atoms with van der Waals surface area (Å²) in [6.45, 7) is 19.1. The number of carboxylic acid groups (broad SMARTS) is 1. The summed E-state index contributed by atoms with van der Waals surface area (Å²) in [5.74, 6) is -0.235. The summed E-state index contributed by atoms with van der Waals surface area (Å²) in [5.41, 5.74) is 13.5. The molecule has 16 heteroatoms. The van der Waals surface area contributed by atoms with Crippen molar-refractivity contribution in [2.75, 3.05) is 59.5 Å². The normalized spacial score (nSPS) is 29.4. The van der Waals surface area contributed by atoms with Gasteiger partial charge >= 0.3 is 11.9 Å². The molecule has 0 radical (unpaired) electrons. The van der Waals surface area contributed by atoms with Gasteiger partial charge in [0.1, 0.15) is 11.4 Å². The highest BCUT2D eigenvalue weighted by molar-refractivity contribution is 6.05. The first kappa shape index (κ1) is 69.1. The summed E-state index contributed by atoms with van der Waals surface area (Å²) in [6, 6.07) is 35.1. The minimum Gasteiger partial charge on any atom is -0.481 e. The molecule has 4 aromatic carbocycles. The highest BCUT2D eigenvalue weighted by Gasteiger charge is 2.58. The Labute approximate surface area is 585 Å². The summed E-state index contributed by atoms with van der Waals surface area (Å²) in [7, 11) is 1.45. The van der Waals surface area contributed by atoms with Crippen molar-refractivity contribution in [3.8, 4) is 0 Å². The van der Waals surface area contributed by atoms with E-state index in [-0.39, 0.29) is 52.0 Å². The van der Waals surface area contributed by atoms with E-state index in [1.807, 2.05) is 24.3 Å². The molecule has 1 aliphatic carbocycles. The number of methoxy groups -OCH3 is 1. The van der Waals surface area contributed by atoms with Gasteiger partial charge < -0.3 is 40.0 Å². The van der Waals surface area contributed by atoms with Gasteiger partial charge in [0.15, 0.2) is 0 Å². The fraction of sp³-hybridized carbons (Fsp3) is 0.578. The number of aliphatic imine (C=N–C) groups is 1. The molecule has 17 rings (SSSR count). The largest absolute Gasteiger partial charge is 0.481 e. The Kier molecular flexibility index (Phi) is 19.9. The zero-order valence-electron chi connectivity index (χ0n) is 59.9. The van der Waals surface area contributed by atoms with E-state index in [4.69, 9.17) is 9.73 Å². The third-order valence-corrected chi connectivity index (χ3v) is 26.5. The second-order valence-corrected chi connectivity index (χ2v) is 31.5. The topological polar surface area (TPSA) is 203 Å². The number of benzene rings is 4. The monoisotopic (exact) mass is 1340 g/mol. The number of aromatic nitrogens is 3. The molecule has 16 nitrogen and oxygen atoms in total. The van der Waals surface area contributed by atoms with E-state index in [2.05, 4.69) is 140 Å². The van der Waals surface area contributed by atoms with Gasteiger partial charge in [-0.25, -0.2) is 0 Å². The van der Waals surface area contributed by atoms with Gasteiger partial charge in [0.25, 0.3) is 0 Å². The number of hydrogen-bond acceptors (Lipinski definition) is 11. The number of carboxylic acids is 1. The predicted octanol–water partition coefficient (Wildman–Crippen LogP) is 15.5. The molecule has 528 valence electrons. The number of rotatable bonds is 13. The Morgan fingerprint density at radius 3 is 1.34 bits per heavy atom. The van der Waals surface area contributed by atoms with Crippen LogP contribution in [0, 0.1) is 21.7 Å². The van der Waals surface area contributed by atoms with Crippen LogP contribution in [0.1, 0.15) is 227 Å². The van der Waals surface area contributed by atoms with Gasteiger partial charge in [-0.15, -0.1) is 0 Å². The lowest BCUT2D eigenvalue weighted by atomic mass is 9.62. The SMILES string of the molecule is CC[C@@]1(CC(=O)NC2CCCC2)CCCN2CCc3c([nH]c4ccccc34)[C@@H]21.CC[C@@]1(CC(=O)O)CCCN2CCc3c([nH]c4ccccc34)[C@@H]21.CC[C@@]1(CC(=O)OC)CCCN2CC[C@]3(O)C(=Nc4ccccc43)[C@@H]21.CC[C@@]1(CC(C)=O)CCCN2CCc3c([nH]c4ccccc34)[C@@H]21. The van der Waals surface area contributed by atoms with Crippen LogP contribution >= 0.6 is 0 Å². The minimum absolute atomic E-state index is 0.00324. The Morgan fingerprint density at radius 2 is 0.909 bits per heavy atom. The summed E-state index contributed by atoms with van der Waals surface area (Å²) in [4.78, 5) is 75.0. The van der Waals surface area contributed by atoms with E-state index in [1.165, 1.54) is 112 Å². The number of aliphatic hydroxyl groups is 1. The number of Topliss-reactive ketones (excluding diaryl/α,β-unsaturated/α-hetero) is 1. The molecule has 5 saturated heterocycles. The molecular formula is C83H109N9O7. The molecular weight excluding hydrogens is 1230 g/mol. The number of hydrogen-bond donors (Lipinski definition) is 6. The number of aromatic amines is 3. The number of carbonyl (C=O) groups is 4. The first-order chi connectivity index (χ1) is 48.0. The van der Waals surface area contributed by atoms with Crippen LogP contribution in [0.15, 0.2) is 102 Å². The lowest BCUT2D eigenvalue weighted by molar-refractivity contribution is -0.146. The summed E-state index contributed by atoms with van der Waals surface area (Å²) in [5, 5.41) is 28.5. The van der Waals surface area contributed by atoms with Crippen molar-refractivity contribution in [2.24, 2.45) is 26.7 Å². The van der Waals surface area contributed by atoms with E-state index in [1.54, 1.807) is 6.92 Å². The number of nitrogens with one attached hydrogen (secondary N) is 4. The molecule has 0 bridgehead atoms. The molecule has 6 N–H and O–H groups in total. The van der Waals surface area contributed by atoms with Crippen LogP contribution in [-0.2, 0) is 48.8 Å². The third kappa shape index (κ3) is 12.6. The molecule has 1 saturated carbocycles. The Bertz CT molecular complexity index is 4010. The molecule has 10 aliphatic rings. The van der Waals surface area contributed by atoms with Crippen molar-refractivity contribution >= 4 is 67.7 Å². The molecule has 12 heterocycles. The van der Waals surface area contributed by atoms with Crippen LogP contribution in [0.5, 0.6) is 0 Å². The number of fused-ring (bicyclic) bond motifs is 20. The first-order valence-corrected chi connectivity index (χ1v) is 38.3. The fourth-order valence-corrected chi connectivity index (χ4v) is 21.7. The second kappa shape index (κ2) is 28.5. The number of ether oxygens (including phenoxy) is 1. The lowest BCUT2D eigenvalue weighted by Gasteiger charge is -2.54. The fourth-order valence-electron chi connectivity index (χ4n) is 21.7. The molecule has 99 heavy (non-hydrogen) atoms. The van der Waals surface area contributed by atoms with Gasteiger partial charge in [0, 0.05) is 117 Å². The molecule has 7 aromatic rings. The summed E-state index contributed by atoms with van der Waals surface area (Å²) in [6.07, 6.45) is 23.6. The lowest BCUT2D eigenvalue weighted by Crippen LogP contribution is -2.64. The Hall–Kier alpha value is -6.95. The number of nitrogens with zero attached hydrogens (tertiary/aromatic N) is 5. The quantitative estimate of drug-likeness (QED) is 0.0600. The van der Waals surface area contributed by atoms with Gasteiger partial charge in [-0.05, 0) is 195 Å². The van der Waals surface area contributed by atoms with Crippen LogP contribution in [0.2, 0.25) is 0 Å². The number of para-hydroxylation sites is 4. The molecule has 3 aromatic heterocycles. The van der Waals surface area contributed by atoms with Crippen LogP contribution in [0.3, 0.4) is 0 Å². The number of piperidine rings is 5. The number of aliphatic carboxylic acids is 1. The van der Waals surface area contributed by atoms with Crippen molar-refractivity contribution in [1.82, 2.24) is 39.9 Å². The van der Waals surface area contributed by atoms with Gasteiger partial charge in [-0.3, -0.25) is 39.0 Å². The Morgan fingerprint density at radius 1 is 0.505 bits per heavy atom. The zero-order valence-corrected chi connectivity index (χ0v) is 59.9. The average molecular weight is 1340 g/mol. The van der Waals surface area contributed by atoms with E-state index >= 15 is 0 Å². The van der Waals surface area contributed by atoms with Crippen molar-refractivity contribution < 1.29 is 34.1 Å². The molecule has 9 atom stereocenters. The maximum atomic E-state index is 13.1. The molecule has 1 amide bonds. The maximum absolute atomic E-state index is 13.1. The number of amides is 1. The van der Waals surface area contributed by atoms with Crippen molar-refractivity contribution in [1.29, 1.82) is 0 Å². The highest BCUT2D eigenvalue weighted by atomic mass is 16.5. The van der Waals surface area contributed by atoms with Crippen LogP contribution in [0.4, 0.5) is 5.69 Å². The first-order valence-electron chi connectivity index (χ1n) is 38.3. The van der Waals surface area contributed by atoms with Crippen LogP contribution in [0.25, 0.3) is 32.7 Å². The van der Waals surface area contributed by atoms with Crippen LogP contribution in [-0.4, -0.2) is 146 Å². The standard InChI is InChI=1S/C24H33N3O.C20H26N2O3.C20H26N2O.C19H24N2O2/c1-2-24(16-21(28)25-17-8-3-4-9-17)13-7-14-27-15-12-19-18-10-5-6-11-20(18)26-22(19)23(24)27;1-3-19(13-16(23)25-2)9-6-11-22-12-10-20(24)14-7-4-5-8-15(14)21-17(20)18(19)22;1-3-20(13-14(2)23)10-6-11-22-12-9-16-15-7-4-5-8-17(15)21-18(16)19(20)22;1-2-19(12-16(22)23)9-5-10-21-11-8-14-13-6-3-4-7-15(13)20-17(14)18(19)21/h5-6,10-11,17,23,26H,2-4,7-9,12-16H2,1H3,(H,25,28);4-5,7-8,18,24H,3,6,9-13H2,1-2H3;4-5,7-8,19,21H,3,6,9-13H2,1-2H3;3-4,6-7,18,20H,2,5,8-12H2,1H3,(H,22,23)/t23-,24+;18-,19+,20-;19-,20+;18-,19+/m1111/s1. The number of ketones is 1. The molecule has 6 fully saturated rings. The number of H-pyrrole nitrogens is 3. The van der Waals surface area contributed by atoms with Gasteiger partial charge in [-0.1, -0.05) is 113 Å². The third-order valence-electron chi connectivity index (χ3n) is 26.5. The zero-order chi connectivity index (χ0) is 68.8. The van der Waals surface area contributed by atoms with Crippen LogP contribution < -0.4 is 5.32 Å². The molecule has 0 spiro atoms. The van der Waals surface area contributed by atoms with Gasteiger partial charge in [0.05, 0.1) is 55.5 Å².